The van der Waals surface area contributed by atoms with Gasteiger partial charge in [0.1, 0.15) is 13.2 Å². The first kappa shape index (κ1) is 64.2. The van der Waals surface area contributed by atoms with Gasteiger partial charge in [-0.1, -0.05) is 220 Å². The maximum atomic E-state index is 12.9. The first-order valence-electron chi connectivity index (χ1n) is 26.8. The minimum Gasteiger partial charge on any atom is -0.391 e. The van der Waals surface area contributed by atoms with Gasteiger partial charge in [-0.2, -0.15) is 0 Å². The van der Waals surface area contributed by atoms with Gasteiger partial charge in [0, 0.05) is 6.42 Å². The highest BCUT2D eigenvalue weighted by Crippen LogP contribution is 2.43. The van der Waals surface area contributed by atoms with E-state index in [4.69, 9.17) is 9.05 Å². The number of aliphatic hydroxyl groups excluding tert-OH is 1. The van der Waals surface area contributed by atoms with Crippen LogP contribution in [0.15, 0.2) is 109 Å². The Morgan fingerprint density at radius 2 is 0.896 bits per heavy atom. The Bertz CT molecular complexity index is 1450. The lowest BCUT2D eigenvalue weighted by Crippen LogP contribution is -2.46. The highest BCUT2D eigenvalue weighted by atomic mass is 31.2. The molecule has 0 spiro atoms. The zero-order chi connectivity index (χ0) is 49.2. The van der Waals surface area contributed by atoms with Crippen molar-refractivity contribution in [1.82, 2.24) is 5.32 Å². The number of nitrogens with one attached hydrogen (secondary N) is 1. The summed E-state index contributed by atoms with van der Waals surface area (Å²) >= 11 is 0. The number of carbonyl (C=O) groups is 1. The number of phosphoric acid groups is 1. The molecule has 0 aromatic heterocycles. The molecule has 67 heavy (non-hydrogen) atoms. The lowest BCUT2D eigenvalue weighted by atomic mass is 10.0. The molecule has 384 valence electrons. The van der Waals surface area contributed by atoms with Gasteiger partial charge in [-0.3, -0.25) is 13.8 Å². The van der Waals surface area contributed by atoms with E-state index in [1.54, 1.807) is 0 Å². The Kier molecular flexibility index (Phi) is 46.2. The van der Waals surface area contributed by atoms with Gasteiger partial charge in [-0.15, -0.1) is 0 Å². The second-order valence-electron chi connectivity index (χ2n) is 18.9. The quantitative estimate of drug-likeness (QED) is 0.0243. The van der Waals surface area contributed by atoms with E-state index in [2.05, 4.69) is 129 Å². The molecule has 0 aliphatic heterocycles. The van der Waals surface area contributed by atoms with Crippen LogP contribution < -0.4 is 5.32 Å². The maximum absolute atomic E-state index is 12.9. The van der Waals surface area contributed by atoms with E-state index < -0.39 is 20.0 Å². The number of hydrogen-bond donors (Lipinski definition) is 3. The molecule has 0 saturated heterocycles. The molecule has 0 heterocycles. The average molecular weight is 954 g/mol. The predicted molar refractivity (Wildman–Crippen MR) is 290 cm³/mol. The number of nitrogens with zero attached hydrogens (tertiary/aromatic N) is 1. The summed E-state index contributed by atoms with van der Waals surface area (Å²) in [5, 5.41) is 14.0. The molecule has 0 aliphatic rings. The summed E-state index contributed by atoms with van der Waals surface area (Å²) in [4.78, 5) is 23.2. The van der Waals surface area contributed by atoms with Crippen LogP contribution in [0.5, 0.6) is 0 Å². The number of likely N-dealkylation sites (N-methyl/N-ethyl adjacent to an activating group) is 1. The van der Waals surface area contributed by atoms with Crippen LogP contribution in [-0.4, -0.2) is 73.4 Å². The Morgan fingerprint density at radius 3 is 1.31 bits per heavy atom. The van der Waals surface area contributed by atoms with E-state index >= 15 is 0 Å². The Balaban J connectivity index is 4.22. The summed E-state index contributed by atoms with van der Waals surface area (Å²) in [7, 11) is 1.58. The second kappa shape index (κ2) is 48.2. The molecule has 3 atom stereocenters. The fourth-order valence-corrected chi connectivity index (χ4v) is 7.83. The van der Waals surface area contributed by atoms with Crippen molar-refractivity contribution in [2.24, 2.45) is 0 Å². The van der Waals surface area contributed by atoms with Gasteiger partial charge in [0.25, 0.3) is 0 Å². The Morgan fingerprint density at radius 1 is 0.522 bits per heavy atom. The van der Waals surface area contributed by atoms with Gasteiger partial charge in [0.05, 0.1) is 39.9 Å². The number of carbonyl (C=O) groups excluding carboxylic acids is 1. The zero-order valence-electron chi connectivity index (χ0n) is 43.6. The number of rotatable bonds is 47. The smallest absolute Gasteiger partial charge is 0.391 e. The number of allylic oxidation sites excluding steroid dienone is 18. The third-order valence-electron chi connectivity index (χ3n) is 11.3. The van der Waals surface area contributed by atoms with Crippen molar-refractivity contribution in [3.63, 3.8) is 0 Å². The number of quaternary nitrogens is 1. The van der Waals surface area contributed by atoms with E-state index in [0.717, 1.165) is 116 Å². The molecule has 0 saturated carbocycles. The van der Waals surface area contributed by atoms with Crippen LogP contribution in [-0.2, 0) is 18.4 Å². The third kappa shape index (κ3) is 50.9. The Hall–Kier alpha value is -2.84. The van der Waals surface area contributed by atoms with Crippen molar-refractivity contribution in [3.05, 3.63) is 109 Å². The summed E-state index contributed by atoms with van der Waals surface area (Å²) in [6.07, 6.45) is 69.9. The number of hydrogen-bond acceptors (Lipinski definition) is 5. The zero-order valence-corrected chi connectivity index (χ0v) is 44.5. The predicted octanol–water partition coefficient (Wildman–Crippen LogP) is 16.0. The van der Waals surface area contributed by atoms with Crippen LogP contribution >= 0.6 is 7.82 Å². The normalized spacial score (nSPS) is 14.9. The number of amides is 1. The highest BCUT2D eigenvalue weighted by molar-refractivity contribution is 7.47. The third-order valence-corrected chi connectivity index (χ3v) is 12.3. The summed E-state index contributed by atoms with van der Waals surface area (Å²) < 4.78 is 23.7. The molecule has 0 radical (unpaired) electrons. The molecule has 3 unspecified atom stereocenters. The number of unbranched alkanes of at least 4 members (excludes halogenated alkanes) is 16. The molecule has 0 aromatic rings. The lowest BCUT2D eigenvalue weighted by molar-refractivity contribution is -0.870. The molecule has 0 aromatic carbocycles. The van der Waals surface area contributed by atoms with Gasteiger partial charge in [-0.25, -0.2) is 4.57 Å². The maximum Gasteiger partial charge on any atom is 0.472 e. The summed E-state index contributed by atoms with van der Waals surface area (Å²) in [5.74, 6) is -0.169. The summed E-state index contributed by atoms with van der Waals surface area (Å²) in [5.41, 5.74) is 0. The van der Waals surface area contributed by atoms with Gasteiger partial charge in [0.2, 0.25) is 5.91 Å². The van der Waals surface area contributed by atoms with Gasteiger partial charge >= 0.3 is 7.82 Å². The highest BCUT2D eigenvalue weighted by Gasteiger charge is 2.28. The molecule has 0 aliphatic carbocycles. The van der Waals surface area contributed by atoms with Crippen molar-refractivity contribution in [1.29, 1.82) is 0 Å². The van der Waals surface area contributed by atoms with E-state index in [-0.39, 0.29) is 19.1 Å². The molecule has 8 nitrogen and oxygen atoms in total. The monoisotopic (exact) mass is 954 g/mol. The Labute approximate surface area is 412 Å². The van der Waals surface area contributed by atoms with Crippen LogP contribution in [0.25, 0.3) is 0 Å². The fraction of sp³-hybridized carbons (Fsp3) is 0.672. The van der Waals surface area contributed by atoms with Crippen molar-refractivity contribution >= 4 is 13.7 Å². The molecule has 0 rings (SSSR count). The van der Waals surface area contributed by atoms with Crippen LogP contribution in [0.3, 0.4) is 0 Å². The molecular formula is C58H102N2O6P+. The first-order chi connectivity index (χ1) is 32.5. The largest absolute Gasteiger partial charge is 0.472 e. The SMILES string of the molecule is CC/C=C\C/C=C\C/C=C\C/C=C\C/C=C\C/C=C\C/C=C\C/C=C\C/C=C\CCCCCCCC(=O)NC(COP(=O)(O)OCC[N+](C)(C)C)C(O)CCCCCCCCCCCCCC. The molecular weight excluding hydrogens is 852 g/mol. The molecule has 0 bridgehead atoms. The van der Waals surface area contributed by atoms with Crippen molar-refractivity contribution in [2.45, 2.75) is 212 Å². The van der Waals surface area contributed by atoms with Crippen molar-refractivity contribution < 1.29 is 32.9 Å². The average Bonchev–Trinajstić information content (AvgIpc) is 3.29. The van der Waals surface area contributed by atoms with Crippen LogP contribution in [0, 0.1) is 0 Å². The van der Waals surface area contributed by atoms with Crippen molar-refractivity contribution in [3.8, 4) is 0 Å². The van der Waals surface area contributed by atoms with E-state index in [1.807, 2.05) is 21.1 Å². The van der Waals surface area contributed by atoms with Gasteiger partial charge < -0.3 is 19.8 Å². The first-order valence-corrected chi connectivity index (χ1v) is 28.2. The lowest BCUT2D eigenvalue weighted by Gasteiger charge is -2.26. The molecule has 0 fully saturated rings. The van der Waals surface area contributed by atoms with E-state index in [1.165, 1.54) is 57.8 Å². The van der Waals surface area contributed by atoms with Crippen LogP contribution in [0.2, 0.25) is 0 Å². The second-order valence-corrected chi connectivity index (χ2v) is 20.3. The summed E-state index contributed by atoms with van der Waals surface area (Å²) in [6, 6.07) is -0.778. The number of phosphoric ester groups is 1. The molecule has 3 N–H and O–H groups in total. The van der Waals surface area contributed by atoms with Crippen LogP contribution in [0.4, 0.5) is 0 Å². The van der Waals surface area contributed by atoms with E-state index in [9.17, 15) is 19.4 Å². The van der Waals surface area contributed by atoms with E-state index in [0.29, 0.717) is 23.9 Å². The minimum absolute atomic E-state index is 0.0646. The number of aliphatic hydroxyl groups is 1. The van der Waals surface area contributed by atoms with Crippen LogP contribution in [0.1, 0.15) is 200 Å². The van der Waals surface area contributed by atoms with Gasteiger partial charge in [-0.05, 0) is 83.5 Å². The van der Waals surface area contributed by atoms with Gasteiger partial charge in [0.15, 0.2) is 0 Å². The summed E-state index contributed by atoms with van der Waals surface area (Å²) in [6.45, 7) is 4.73. The molecule has 1 amide bonds. The fourth-order valence-electron chi connectivity index (χ4n) is 7.10. The topological polar surface area (TPSA) is 105 Å². The molecule has 9 heteroatoms. The standard InChI is InChI=1S/C58H101N2O6P/c1-6-8-10-12-14-16-18-20-21-22-23-24-25-26-27-28-29-30-31-32-33-34-35-36-37-38-39-40-42-44-46-48-50-52-58(62)59-56(55-66-67(63,64)65-54-53-60(3,4)5)57(61)51-49-47-45-43-41-19-17-15-13-11-9-7-2/h8,10,14,16,20-21,23-24,26-27,29-30,32-33,35-36,38-39,56-57,61H,6-7,9,11-13,15,17-19,22,25,28,31,34,37,40-55H2,1-5H3,(H-,59,62,63,64)/p+1/b10-8-,16-14-,21-20-,24-23-,27-26-,30-29-,33-32-,36-35-,39-38-. The van der Waals surface area contributed by atoms with Crippen molar-refractivity contribution in [2.75, 3.05) is 40.9 Å². The minimum atomic E-state index is -4.33.